The second-order valence-corrected chi connectivity index (χ2v) is 7.22. The van der Waals surface area contributed by atoms with Gasteiger partial charge < -0.3 is 4.74 Å². The van der Waals surface area contributed by atoms with Crippen molar-refractivity contribution in [3.8, 4) is 0 Å². The number of rotatable bonds is 6. The second-order valence-electron chi connectivity index (χ2n) is 4.54. The number of hydrogen-bond acceptors (Lipinski definition) is 3. The van der Waals surface area contributed by atoms with E-state index in [-0.39, 0.29) is 17.9 Å². The quantitative estimate of drug-likeness (QED) is 0.577. The molecular weight excluding hydrogens is 341 g/mol. The van der Waals surface area contributed by atoms with Gasteiger partial charge in [0, 0.05) is 17.1 Å². The Morgan fingerprint density at radius 2 is 2.19 bits per heavy atom. The number of halogens is 1. The number of ether oxygens (including phenoxy) is 1. The maximum Gasteiger partial charge on any atom is 0.214 e. The standard InChI is InChI=1S/C10H20INO3S/c1-8(2)10(6-11)12-16(13,14)7-9-4-3-5-15-9/h8-10,12H,3-7H2,1-2H3. The van der Waals surface area contributed by atoms with Crippen LogP contribution in [0.4, 0.5) is 0 Å². The molecule has 1 heterocycles. The molecule has 6 heteroatoms. The van der Waals surface area contributed by atoms with Crippen LogP contribution in [0.15, 0.2) is 0 Å². The zero-order valence-electron chi connectivity index (χ0n) is 9.78. The molecule has 1 rings (SSSR count). The van der Waals surface area contributed by atoms with Gasteiger partial charge >= 0.3 is 0 Å². The van der Waals surface area contributed by atoms with Gasteiger partial charge in [0.2, 0.25) is 10.0 Å². The van der Waals surface area contributed by atoms with E-state index in [4.69, 9.17) is 4.74 Å². The Hall–Kier alpha value is 0.600. The number of alkyl halides is 1. The Kier molecular flexibility index (Phi) is 5.97. The van der Waals surface area contributed by atoms with Crippen LogP contribution < -0.4 is 4.72 Å². The monoisotopic (exact) mass is 361 g/mol. The van der Waals surface area contributed by atoms with Gasteiger partial charge in [0.15, 0.2) is 0 Å². The molecule has 1 N–H and O–H groups in total. The SMILES string of the molecule is CC(C)C(CI)NS(=O)(=O)CC1CCCO1. The van der Waals surface area contributed by atoms with E-state index in [0.717, 1.165) is 17.3 Å². The average molecular weight is 361 g/mol. The van der Waals surface area contributed by atoms with Gasteiger partial charge in [-0.2, -0.15) is 0 Å². The fraction of sp³-hybridized carbons (Fsp3) is 1.00. The predicted molar refractivity (Wildman–Crippen MR) is 73.4 cm³/mol. The van der Waals surface area contributed by atoms with E-state index < -0.39 is 10.0 Å². The molecule has 1 saturated heterocycles. The van der Waals surface area contributed by atoms with E-state index in [1.54, 1.807) is 0 Å². The molecule has 2 atom stereocenters. The minimum absolute atomic E-state index is 0.0204. The van der Waals surface area contributed by atoms with E-state index >= 15 is 0 Å². The van der Waals surface area contributed by atoms with Crippen molar-refractivity contribution in [2.75, 3.05) is 16.8 Å². The molecule has 96 valence electrons. The summed E-state index contributed by atoms with van der Waals surface area (Å²) < 4.78 is 32.6. The van der Waals surface area contributed by atoms with Crippen LogP contribution in [0.2, 0.25) is 0 Å². The summed E-state index contributed by atoms with van der Waals surface area (Å²) in [5, 5.41) is 0. The average Bonchev–Trinajstić information content (AvgIpc) is 2.65. The Morgan fingerprint density at radius 3 is 2.62 bits per heavy atom. The third-order valence-corrected chi connectivity index (χ3v) is 5.15. The van der Waals surface area contributed by atoms with Crippen LogP contribution in [0.5, 0.6) is 0 Å². The zero-order valence-corrected chi connectivity index (χ0v) is 12.8. The van der Waals surface area contributed by atoms with E-state index in [2.05, 4.69) is 27.3 Å². The Morgan fingerprint density at radius 1 is 1.50 bits per heavy atom. The minimum atomic E-state index is -3.20. The third-order valence-electron chi connectivity index (χ3n) is 2.73. The molecule has 0 bridgehead atoms. The summed E-state index contributed by atoms with van der Waals surface area (Å²) in [6.45, 7) is 4.75. The highest BCUT2D eigenvalue weighted by molar-refractivity contribution is 14.1. The Bertz CT molecular complexity index is 299. The zero-order chi connectivity index (χ0) is 12.2. The lowest BCUT2D eigenvalue weighted by Gasteiger charge is -2.21. The van der Waals surface area contributed by atoms with E-state index in [1.807, 2.05) is 13.8 Å². The van der Waals surface area contributed by atoms with Crippen molar-refractivity contribution in [2.24, 2.45) is 5.92 Å². The van der Waals surface area contributed by atoms with E-state index in [1.165, 1.54) is 0 Å². The predicted octanol–water partition coefficient (Wildman–Crippen LogP) is 1.54. The molecule has 0 amide bonds. The number of hydrogen-bond donors (Lipinski definition) is 1. The highest BCUT2D eigenvalue weighted by atomic mass is 127. The van der Waals surface area contributed by atoms with Gasteiger partial charge in [-0.3, -0.25) is 0 Å². The molecule has 0 aromatic heterocycles. The van der Waals surface area contributed by atoms with Gasteiger partial charge in [0.05, 0.1) is 11.9 Å². The molecular formula is C10H20INO3S. The highest BCUT2D eigenvalue weighted by Crippen LogP contribution is 2.14. The van der Waals surface area contributed by atoms with Crippen molar-refractivity contribution in [2.45, 2.75) is 38.8 Å². The molecule has 0 aromatic rings. The first-order chi connectivity index (χ1) is 7.44. The van der Waals surface area contributed by atoms with E-state index in [0.29, 0.717) is 12.5 Å². The fourth-order valence-corrected chi connectivity index (χ4v) is 4.85. The van der Waals surface area contributed by atoms with Gasteiger partial charge in [-0.25, -0.2) is 13.1 Å². The van der Waals surface area contributed by atoms with Crippen LogP contribution in [-0.2, 0) is 14.8 Å². The normalized spacial score (nSPS) is 23.9. The topological polar surface area (TPSA) is 55.4 Å². The van der Waals surface area contributed by atoms with E-state index in [9.17, 15) is 8.42 Å². The summed E-state index contributed by atoms with van der Waals surface area (Å²) in [5.41, 5.74) is 0. The first-order valence-corrected chi connectivity index (χ1v) is 8.80. The summed E-state index contributed by atoms with van der Waals surface area (Å²) >= 11 is 2.21. The third kappa shape index (κ3) is 4.85. The Balaban J connectivity index is 2.49. The van der Waals surface area contributed by atoms with Crippen molar-refractivity contribution >= 4 is 32.6 Å². The molecule has 0 aromatic carbocycles. The molecule has 0 saturated carbocycles. The summed E-state index contributed by atoms with van der Waals surface area (Å²) in [7, 11) is -3.20. The smallest absolute Gasteiger partial charge is 0.214 e. The molecule has 2 unspecified atom stereocenters. The molecule has 0 spiro atoms. The fourth-order valence-electron chi connectivity index (χ4n) is 1.65. The highest BCUT2D eigenvalue weighted by Gasteiger charge is 2.26. The number of sulfonamides is 1. The summed E-state index contributed by atoms with van der Waals surface area (Å²) in [6, 6.07) is 0.0204. The van der Waals surface area contributed by atoms with Crippen LogP contribution in [0.1, 0.15) is 26.7 Å². The van der Waals surface area contributed by atoms with Crippen molar-refractivity contribution in [3.63, 3.8) is 0 Å². The maximum absolute atomic E-state index is 11.9. The van der Waals surface area contributed by atoms with Crippen LogP contribution >= 0.6 is 22.6 Å². The summed E-state index contributed by atoms with van der Waals surface area (Å²) in [5.74, 6) is 0.420. The Labute approximate surface area is 112 Å². The largest absolute Gasteiger partial charge is 0.377 e. The maximum atomic E-state index is 11.9. The molecule has 0 aliphatic carbocycles. The van der Waals surface area contributed by atoms with Gasteiger partial charge in [-0.05, 0) is 18.8 Å². The number of nitrogens with one attached hydrogen (secondary N) is 1. The molecule has 0 radical (unpaired) electrons. The first-order valence-electron chi connectivity index (χ1n) is 5.62. The summed E-state index contributed by atoms with van der Waals surface area (Å²) in [4.78, 5) is 0. The minimum Gasteiger partial charge on any atom is -0.377 e. The molecule has 1 fully saturated rings. The lowest BCUT2D eigenvalue weighted by molar-refractivity contribution is 0.127. The molecule has 1 aliphatic rings. The van der Waals surface area contributed by atoms with Gasteiger partial charge in [0.1, 0.15) is 0 Å². The van der Waals surface area contributed by atoms with Crippen LogP contribution in [-0.4, -0.2) is 37.4 Å². The molecule has 4 nitrogen and oxygen atoms in total. The van der Waals surface area contributed by atoms with Crippen LogP contribution in [0.25, 0.3) is 0 Å². The summed E-state index contributed by atoms with van der Waals surface area (Å²) in [6.07, 6.45) is 1.72. The second kappa shape index (κ2) is 6.51. The van der Waals surface area contributed by atoms with Crippen molar-refractivity contribution < 1.29 is 13.2 Å². The molecule has 1 aliphatic heterocycles. The van der Waals surface area contributed by atoms with Crippen LogP contribution in [0, 0.1) is 5.92 Å². The van der Waals surface area contributed by atoms with Crippen molar-refractivity contribution in [1.82, 2.24) is 4.72 Å². The van der Waals surface area contributed by atoms with Gasteiger partial charge in [-0.15, -0.1) is 0 Å². The van der Waals surface area contributed by atoms with Gasteiger partial charge in [-0.1, -0.05) is 36.4 Å². The van der Waals surface area contributed by atoms with Crippen LogP contribution in [0.3, 0.4) is 0 Å². The van der Waals surface area contributed by atoms with Crippen molar-refractivity contribution in [1.29, 1.82) is 0 Å². The first kappa shape index (κ1) is 14.7. The van der Waals surface area contributed by atoms with Crippen molar-refractivity contribution in [3.05, 3.63) is 0 Å². The lowest BCUT2D eigenvalue weighted by Crippen LogP contribution is -2.42. The lowest BCUT2D eigenvalue weighted by atomic mass is 10.1. The molecule has 16 heavy (non-hydrogen) atoms. The van der Waals surface area contributed by atoms with Gasteiger partial charge in [0.25, 0.3) is 0 Å².